The molecule has 0 amide bonds. The normalized spacial score (nSPS) is 18.0. The molecule has 0 atom stereocenters. The standard InChI is InChI=1S/C16H23NO2/c1-16(2)12-17(10-6-5-9-15(18)19)11-13-7-3-4-8-14(13)16/h3-4,7-8H,5-6,9-12H2,1-2H3,(H,18,19). The highest BCUT2D eigenvalue weighted by Gasteiger charge is 2.30. The summed E-state index contributed by atoms with van der Waals surface area (Å²) < 4.78 is 0. The quantitative estimate of drug-likeness (QED) is 0.828. The van der Waals surface area contributed by atoms with Crippen LogP contribution in [0, 0.1) is 0 Å². The van der Waals surface area contributed by atoms with Gasteiger partial charge in [-0.1, -0.05) is 38.1 Å². The third-order valence-corrected chi connectivity index (χ3v) is 3.87. The fourth-order valence-electron chi connectivity index (χ4n) is 3.03. The molecular formula is C16H23NO2. The minimum atomic E-state index is -0.690. The van der Waals surface area contributed by atoms with Gasteiger partial charge in [0.2, 0.25) is 0 Å². The lowest BCUT2D eigenvalue weighted by Gasteiger charge is -2.40. The summed E-state index contributed by atoms with van der Waals surface area (Å²) in [6.07, 6.45) is 2.02. The average molecular weight is 261 g/mol. The number of hydrogen-bond acceptors (Lipinski definition) is 2. The summed E-state index contributed by atoms with van der Waals surface area (Å²) in [5.41, 5.74) is 3.05. The Morgan fingerprint density at radius 2 is 2.05 bits per heavy atom. The van der Waals surface area contributed by atoms with Crippen molar-refractivity contribution in [2.45, 2.75) is 45.1 Å². The molecule has 0 radical (unpaired) electrons. The van der Waals surface area contributed by atoms with E-state index in [0.29, 0.717) is 0 Å². The lowest BCUT2D eigenvalue weighted by Crippen LogP contribution is -2.42. The van der Waals surface area contributed by atoms with Gasteiger partial charge in [0.1, 0.15) is 0 Å². The number of carboxylic acid groups (broad SMARTS) is 1. The van der Waals surface area contributed by atoms with Crippen molar-refractivity contribution in [3.05, 3.63) is 35.4 Å². The summed E-state index contributed by atoms with van der Waals surface area (Å²) in [5, 5.41) is 8.65. The van der Waals surface area contributed by atoms with Crippen molar-refractivity contribution in [1.82, 2.24) is 4.90 Å². The number of fused-ring (bicyclic) bond motifs is 1. The Morgan fingerprint density at radius 3 is 2.79 bits per heavy atom. The van der Waals surface area contributed by atoms with Gasteiger partial charge in [0.25, 0.3) is 0 Å². The molecule has 0 aromatic heterocycles. The van der Waals surface area contributed by atoms with Crippen LogP contribution in [0.2, 0.25) is 0 Å². The third-order valence-electron chi connectivity index (χ3n) is 3.87. The molecule has 1 N–H and O–H groups in total. The number of unbranched alkanes of at least 4 members (excludes halogenated alkanes) is 1. The highest BCUT2D eigenvalue weighted by Crippen LogP contribution is 2.33. The predicted molar refractivity (Wildman–Crippen MR) is 76.2 cm³/mol. The first-order valence-electron chi connectivity index (χ1n) is 7.01. The molecule has 0 bridgehead atoms. The van der Waals surface area contributed by atoms with E-state index in [2.05, 4.69) is 43.0 Å². The van der Waals surface area contributed by atoms with Crippen LogP contribution in [0.25, 0.3) is 0 Å². The SMILES string of the molecule is CC1(C)CN(CCCCC(=O)O)Cc2ccccc21. The van der Waals surface area contributed by atoms with Gasteiger partial charge in [0.15, 0.2) is 0 Å². The minimum Gasteiger partial charge on any atom is -0.481 e. The van der Waals surface area contributed by atoms with Crippen LogP contribution < -0.4 is 0 Å². The van der Waals surface area contributed by atoms with Crippen LogP contribution in [-0.2, 0) is 16.8 Å². The number of hydrogen-bond donors (Lipinski definition) is 1. The molecule has 1 aliphatic heterocycles. The van der Waals surface area contributed by atoms with Gasteiger partial charge in [0, 0.05) is 24.9 Å². The molecule has 3 heteroatoms. The lowest BCUT2D eigenvalue weighted by atomic mass is 9.78. The van der Waals surface area contributed by atoms with E-state index in [0.717, 1.165) is 32.5 Å². The van der Waals surface area contributed by atoms with Crippen molar-refractivity contribution in [1.29, 1.82) is 0 Å². The maximum atomic E-state index is 10.5. The van der Waals surface area contributed by atoms with E-state index in [1.807, 2.05) is 0 Å². The molecule has 1 aromatic rings. The average Bonchev–Trinajstić information content (AvgIpc) is 2.34. The van der Waals surface area contributed by atoms with Crippen molar-refractivity contribution >= 4 is 5.97 Å². The van der Waals surface area contributed by atoms with Gasteiger partial charge >= 0.3 is 5.97 Å². The maximum absolute atomic E-state index is 10.5. The maximum Gasteiger partial charge on any atom is 0.303 e. The highest BCUT2D eigenvalue weighted by molar-refractivity contribution is 5.66. The Kier molecular flexibility index (Phi) is 4.25. The van der Waals surface area contributed by atoms with Gasteiger partial charge in [-0.15, -0.1) is 0 Å². The third kappa shape index (κ3) is 3.57. The zero-order valence-electron chi connectivity index (χ0n) is 11.9. The predicted octanol–water partition coefficient (Wildman–Crippen LogP) is 3.03. The first kappa shape index (κ1) is 14.1. The Bertz CT molecular complexity index is 454. The molecule has 1 aliphatic rings. The molecule has 0 spiro atoms. The van der Waals surface area contributed by atoms with Gasteiger partial charge in [-0.3, -0.25) is 9.69 Å². The van der Waals surface area contributed by atoms with E-state index in [9.17, 15) is 4.79 Å². The number of carbonyl (C=O) groups is 1. The number of aliphatic carboxylic acids is 1. The van der Waals surface area contributed by atoms with Crippen molar-refractivity contribution < 1.29 is 9.90 Å². The first-order valence-corrected chi connectivity index (χ1v) is 7.01. The minimum absolute atomic E-state index is 0.182. The molecule has 1 heterocycles. The summed E-state index contributed by atoms with van der Waals surface area (Å²) in [6, 6.07) is 8.66. The Labute approximate surface area is 115 Å². The van der Waals surface area contributed by atoms with Crippen LogP contribution in [0.1, 0.15) is 44.2 Å². The van der Waals surface area contributed by atoms with Crippen LogP contribution in [-0.4, -0.2) is 29.1 Å². The molecule has 104 valence electrons. The van der Waals surface area contributed by atoms with Crippen molar-refractivity contribution in [2.75, 3.05) is 13.1 Å². The van der Waals surface area contributed by atoms with Crippen LogP contribution in [0.5, 0.6) is 0 Å². The molecule has 0 fully saturated rings. The van der Waals surface area contributed by atoms with Crippen LogP contribution in [0.4, 0.5) is 0 Å². The molecule has 2 rings (SSSR count). The highest BCUT2D eigenvalue weighted by atomic mass is 16.4. The van der Waals surface area contributed by atoms with Crippen LogP contribution in [0.15, 0.2) is 24.3 Å². The summed E-state index contributed by atoms with van der Waals surface area (Å²) in [5.74, 6) is -0.690. The van der Waals surface area contributed by atoms with E-state index in [1.54, 1.807) is 0 Å². The topological polar surface area (TPSA) is 40.5 Å². The first-order chi connectivity index (χ1) is 8.99. The summed E-state index contributed by atoms with van der Waals surface area (Å²) in [4.78, 5) is 13.0. The Morgan fingerprint density at radius 1 is 1.32 bits per heavy atom. The molecule has 0 aliphatic carbocycles. The van der Waals surface area contributed by atoms with Crippen LogP contribution in [0.3, 0.4) is 0 Å². The van der Waals surface area contributed by atoms with Gasteiger partial charge in [0.05, 0.1) is 0 Å². The van der Waals surface area contributed by atoms with E-state index < -0.39 is 5.97 Å². The Balaban J connectivity index is 1.94. The fraction of sp³-hybridized carbons (Fsp3) is 0.562. The second-order valence-electron chi connectivity index (χ2n) is 6.10. The van der Waals surface area contributed by atoms with Crippen LogP contribution >= 0.6 is 0 Å². The smallest absolute Gasteiger partial charge is 0.303 e. The number of nitrogens with zero attached hydrogens (tertiary/aromatic N) is 1. The number of benzene rings is 1. The number of rotatable bonds is 5. The molecule has 0 unspecified atom stereocenters. The summed E-state index contributed by atoms with van der Waals surface area (Å²) in [7, 11) is 0. The van der Waals surface area contributed by atoms with E-state index in [4.69, 9.17) is 5.11 Å². The van der Waals surface area contributed by atoms with E-state index in [1.165, 1.54) is 11.1 Å². The van der Waals surface area contributed by atoms with Crippen molar-refractivity contribution in [3.8, 4) is 0 Å². The lowest BCUT2D eigenvalue weighted by molar-refractivity contribution is -0.137. The van der Waals surface area contributed by atoms with Gasteiger partial charge in [-0.2, -0.15) is 0 Å². The number of carboxylic acids is 1. The molecule has 0 saturated heterocycles. The van der Waals surface area contributed by atoms with Crippen molar-refractivity contribution in [2.24, 2.45) is 0 Å². The monoisotopic (exact) mass is 261 g/mol. The molecule has 3 nitrogen and oxygen atoms in total. The molecule has 0 saturated carbocycles. The fourth-order valence-corrected chi connectivity index (χ4v) is 3.03. The Hall–Kier alpha value is -1.35. The zero-order valence-corrected chi connectivity index (χ0v) is 11.9. The molecular weight excluding hydrogens is 238 g/mol. The largest absolute Gasteiger partial charge is 0.481 e. The van der Waals surface area contributed by atoms with E-state index >= 15 is 0 Å². The summed E-state index contributed by atoms with van der Waals surface area (Å²) >= 11 is 0. The molecule has 1 aromatic carbocycles. The second kappa shape index (κ2) is 5.74. The van der Waals surface area contributed by atoms with Gasteiger partial charge in [-0.25, -0.2) is 0 Å². The second-order valence-corrected chi connectivity index (χ2v) is 6.10. The summed E-state index contributed by atoms with van der Waals surface area (Å²) in [6.45, 7) is 7.61. The zero-order chi connectivity index (χ0) is 13.9. The van der Waals surface area contributed by atoms with Crippen molar-refractivity contribution in [3.63, 3.8) is 0 Å². The van der Waals surface area contributed by atoms with Gasteiger partial charge in [-0.05, 0) is 30.5 Å². The van der Waals surface area contributed by atoms with Gasteiger partial charge < -0.3 is 5.11 Å². The molecule has 19 heavy (non-hydrogen) atoms. The van der Waals surface area contributed by atoms with E-state index in [-0.39, 0.29) is 11.8 Å².